The highest BCUT2D eigenvalue weighted by molar-refractivity contribution is 6.04. The first-order valence-corrected chi connectivity index (χ1v) is 7.43. The number of nitrogens with zero attached hydrogens (tertiary/aromatic N) is 3. The number of nitrogens with one attached hydrogen (secondary N) is 1. The molecule has 1 heterocycles. The Morgan fingerprint density at radius 2 is 1.79 bits per heavy atom. The fourth-order valence-electron chi connectivity index (χ4n) is 2.41. The van der Waals surface area contributed by atoms with E-state index in [-0.39, 0.29) is 11.3 Å². The van der Waals surface area contributed by atoms with E-state index >= 15 is 0 Å². The fraction of sp³-hybridized carbons (Fsp3) is 0.111. The van der Waals surface area contributed by atoms with Crippen LogP contribution in [0.5, 0.6) is 0 Å². The SMILES string of the molecule is Cc1ccccc1/C=N/NC(=O)c1nn(C)c(=O)c2ccccc12. The van der Waals surface area contributed by atoms with Gasteiger partial charge in [0.2, 0.25) is 0 Å². The maximum absolute atomic E-state index is 12.4. The van der Waals surface area contributed by atoms with Crippen LogP contribution in [0, 0.1) is 6.92 Å². The van der Waals surface area contributed by atoms with Crippen LogP contribution >= 0.6 is 0 Å². The summed E-state index contributed by atoms with van der Waals surface area (Å²) in [5.41, 5.74) is 4.35. The van der Waals surface area contributed by atoms with Crippen molar-refractivity contribution in [3.05, 3.63) is 75.7 Å². The minimum absolute atomic E-state index is 0.162. The molecule has 24 heavy (non-hydrogen) atoms. The molecule has 0 radical (unpaired) electrons. The van der Waals surface area contributed by atoms with Crippen molar-refractivity contribution in [2.75, 3.05) is 0 Å². The molecule has 0 spiro atoms. The molecular weight excluding hydrogens is 304 g/mol. The van der Waals surface area contributed by atoms with Gasteiger partial charge in [-0.05, 0) is 24.1 Å². The number of carbonyl (C=O) groups is 1. The fourth-order valence-corrected chi connectivity index (χ4v) is 2.41. The number of fused-ring (bicyclic) bond motifs is 1. The van der Waals surface area contributed by atoms with Crippen LogP contribution in [0.25, 0.3) is 10.8 Å². The van der Waals surface area contributed by atoms with Crippen LogP contribution in [0.15, 0.2) is 58.4 Å². The Bertz CT molecular complexity index is 1010. The van der Waals surface area contributed by atoms with Crippen molar-refractivity contribution in [3.8, 4) is 0 Å². The molecule has 120 valence electrons. The molecule has 6 heteroatoms. The van der Waals surface area contributed by atoms with Crippen molar-refractivity contribution < 1.29 is 4.79 Å². The topological polar surface area (TPSA) is 76.3 Å². The van der Waals surface area contributed by atoms with Crippen LogP contribution in [0.3, 0.4) is 0 Å². The lowest BCUT2D eigenvalue weighted by atomic mass is 10.1. The highest BCUT2D eigenvalue weighted by atomic mass is 16.2. The molecule has 0 unspecified atom stereocenters. The van der Waals surface area contributed by atoms with E-state index in [1.54, 1.807) is 30.5 Å². The van der Waals surface area contributed by atoms with Crippen molar-refractivity contribution in [3.63, 3.8) is 0 Å². The summed E-state index contributed by atoms with van der Waals surface area (Å²) >= 11 is 0. The first kappa shape index (κ1) is 15.6. The van der Waals surface area contributed by atoms with E-state index < -0.39 is 5.91 Å². The summed E-state index contributed by atoms with van der Waals surface area (Å²) in [4.78, 5) is 24.5. The zero-order valence-electron chi connectivity index (χ0n) is 13.4. The molecule has 1 aromatic heterocycles. The second kappa shape index (κ2) is 6.45. The summed E-state index contributed by atoms with van der Waals surface area (Å²) in [5.74, 6) is -0.466. The predicted octanol–water partition coefficient (Wildman–Crippen LogP) is 2.01. The normalized spacial score (nSPS) is 11.1. The van der Waals surface area contributed by atoms with Crippen LogP contribution in [-0.4, -0.2) is 21.9 Å². The van der Waals surface area contributed by atoms with Crippen LogP contribution in [0.2, 0.25) is 0 Å². The van der Waals surface area contributed by atoms with Gasteiger partial charge in [-0.1, -0.05) is 42.5 Å². The number of benzene rings is 2. The highest BCUT2D eigenvalue weighted by Gasteiger charge is 2.14. The Hall–Kier alpha value is -3.28. The zero-order valence-corrected chi connectivity index (χ0v) is 13.4. The van der Waals surface area contributed by atoms with E-state index in [2.05, 4.69) is 15.6 Å². The number of carbonyl (C=O) groups excluding carboxylic acids is 1. The maximum atomic E-state index is 12.4. The first-order valence-electron chi connectivity index (χ1n) is 7.43. The molecule has 1 N–H and O–H groups in total. The Morgan fingerprint density at radius 1 is 1.12 bits per heavy atom. The summed E-state index contributed by atoms with van der Waals surface area (Å²) in [6.45, 7) is 1.96. The van der Waals surface area contributed by atoms with Crippen LogP contribution < -0.4 is 11.0 Å². The van der Waals surface area contributed by atoms with Crippen molar-refractivity contribution in [1.29, 1.82) is 0 Å². The average Bonchev–Trinajstić information content (AvgIpc) is 2.59. The van der Waals surface area contributed by atoms with Gasteiger partial charge in [0.05, 0.1) is 11.6 Å². The number of hydrogen-bond donors (Lipinski definition) is 1. The standard InChI is InChI=1S/C18H16N4O2/c1-12-7-3-4-8-13(12)11-19-20-17(23)16-14-9-5-6-10-15(14)18(24)22(2)21-16/h3-11H,1-2H3,(H,20,23)/b19-11+. The third-order valence-electron chi connectivity index (χ3n) is 3.73. The van der Waals surface area contributed by atoms with Crippen molar-refractivity contribution in [2.45, 2.75) is 6.92 Å². The summed E-state index contributed by atoms with van der Waals surface area (Å²) in [5, 5.41) is 9.00. The third kappa shape index (κ3) is 2.94. The Balaban J connectivity index is 1.91. The minimum atomic E-state index is -0.466. The van der Waals surface area contributed by atoms with E-state index in [0.29, 0.717) is 10.8 Å². The summed E-state index contributed by atoms with van der Waals surface area (Å²) in [7, 11) is 1.52. The molecule has 3 aromatic rings. The van der Waals surface area contributed by atoms with Crippen molar-refractivity contribution in [2.24, 2.45) is 12.1 Å². The molecule has 3 rings (SSSR count). The Labute approximate surface area is 138 Å². The molecule has 0 saturated carbocycles. The smallest absolute Gasteiger partial charge is 0.267 e. The molecule has 0 aliphatic rings. The lowest BCUT2D eigenvalue weighted by Gasteiger charge is -2.06. The van der Waals surface area contributed by atoms with Gasteiger partial charge in [0.1, 0.15) is 0 Å². The van der Waals surface area contributed by atoms with Crippen LogP contribution in [0.4, 0.5) is 0 Å². The molecular formula is C18H16N4O2. The van der Waals surface area contributed by atoms with E-state index in [9.17, 15) is 9.59 Å². The average molecular weight is 320 g/mol. The predicted molar refractivity (Wildman–Crippen MR) is 93.2 cm³/mol. The van der Waals surface area contributed by atoms with Gasteiger partial charge in [-0.25, -0.2) is 10.1 Å². The molecule has 0 saturated heterocycles. The number of aromatic nitrogens is 2. The Morgan fingerprint density at radius 3 is 2.54 bits per heavy atom. The van der Waals surface area contributed by atoms with Gasteiger partial charge in [-0.3, -0.25) is 9.59 Å². The number of aryl methyl sites for hydroxylation is 2. The van der Waals surface area contributed by atoms with Gasteiger partial charge >= 0.3 is 0 Å². The molecule has 1 amide bonds. The maximum Gasteiger partial charge on any atom is 0.292 e. The second-order valence-electron chi connectivity index (χ2n) is 5.38. The van der Waals surface area contributed by atoms with Gasteiger partial charge < -0.3 is 0 Å². The van der Waals surface area contributed by atoms with E-state index in [1.165, 1.54) is 7.05 Å². The van der Waals surface area contributed by atoms with Crippen LogP contribution in [0.1, 0.15) is 21.6 Å². The van der Waals surface area contributed by atoms with Crippen LogP contribution in [-0.2, 0) is 7.05 Å². The number of amides is 1. The molecule has 0 atom stereocenters. The molecule has 0 bridgehead atoms. The lowest BCUT2D eigenvalue weighted by Crippen LogP contribution is -2.27. The highest BCUT2D eigenvalue weighted by Crippen LogP contribution is 2.12. The van der Waals surface area contributed by atoms with Gasteiger partial charge in [-0.15, -0.1) is 0 Å². The van der Waals surface area contributed by atoms with E-state index in [4.69, 9.17) is 0 Å². The van der Waals surface area contributed by atoms with Crippen molar-refractivity contribution in [1.82, 2.24) is 15.2 Å². The number of hydrogen-bond acceptors (Lipinski definition) is 4. The largest absolute Gasteiger partial charge is 0.292 e. The van der Waals surface area contributed by atoms with Gasteiger partial charge in [0.15, 0.2) is 5.69 Å². The second-order valence-corrected chi connectivity index (χ2v) is 5.38. The number of rotatable bonds is 3. The molecule has 0 aliphatic carbocycles. The Kier molecular flexibility index (Phi) is 4.20. The molecule has 0 fully saturated rings. The van der Waals surface area contributed by atoms with E-state index in [1.807, 2.05) is 31.2 Å². The molecule has 0 aliphatic heterocycles. The quantitative estimate of drug-likeness (QED) is 0.592. The first-order chi connectivity index (χ1) is 11.6. The molecule has 6 nitrogen and oxygen atoms in total. The summed E-state index contributed by atoms with van der Waals surface area (Å²) < 4.78 is 1.16. The number of hydrazone groups is 1. The summed E-state index contributed by atoms with van der Waals surface area (Å²) in [6, 6.07) is 14.6. The van der Waals surface area contributed by atoms with Gasteiger partial charge in [-0.2, -0.15) is 10.2 Å². The zero-order chi connectivity index (χ0) is 17.1. The van der Waals surface area contributed by atoms with Gasteiger partial charge in [0.25, 0.3) is 11.5 Å². The van der Waals surface area contributed by atoms with Crippen molar-refractivity contribution >= 4 is 22.9 Å². The lowest BCUT2D eigenvalue weighted by molar-refractivity contribution is 0.0950. The summed E-state index contributed by atoms with van der Waals surface area (Å²) in [6.07, 6.45) is 1.58. The van der Waals surface area contributed by atoms with Gasteiger partial charge in [0, 0.05) is 12.4 Å². The third-order valence-corrected chi connectivity index (χ3v) is 3.73. The van der Waals surface area contributed by atoms with E-state index in [0.717, 1.165) is 15.8 Å². The molecule has 2 aromatic carbocycles. The minimum Gasteiger partial charge on any atom is -0.267 e. The monoisotopic (exact) mass is 320 g/mol.